The molecule has 102 valence electrons. The van der Waals surface area contributed by atoms with E-state index >= 15 is 0 Å². The van der Waals surface area contributed by atoms with Crippen LogP contribution in [0.15, 0.2) is 30.3 Å². The lowest BCUT2D eigenvalue weighted by Crippen LogP contribution is -1.98. The molecule has 0 fully saturated rings. The third kappa shape index (κ3) is 1.94. The van der Waals surface area contributed by atoms with Crippen LogP contribution < -0.4 is 0 Å². The van der Waals surface area contributed by atoms with Crippen molar-refractivity contribution in [2.45, 2.75) is 13.8 Å². The Kier molecular flexibility index (Phi) is 2.94. The third-order valence-corrected chi connectivity index (χ3v) is 3.65. The highest BCUT2D eigenvalue weighted by molar-refractivity contribution is 7.71. The number of rotatable bonds is 1. The molecule has 2 aromatic carbocycles. The van der Waals surface area contributed by atoms with Crippen molar-refractivity contribution in [3.05, 3.63) is 57.9 Å². The summed E-state index contributed by atoms with van der Waals surface area (Å²) in [5, 5.41) is 0. The van der Waals surface area contributed by atoms with E-state index in [1.165, 1.54) is 18.2 Å². The quantitative estimate of drug-likeness (QED) is 0.650. The van der Waals surface area contributed by atoms with Crippen LogP contribution in [0.25, 0.3) is 16.7 Å². The zero-order valence-corrected chi connectivity index (χ0v) is 11.8. The van der Waals surface area contributed by atoms with Crippen LogP contribution in [-0.2, 0) is 0 Å². The number of aromatic nitrogens is 2. The van der Waals surface area contributed by atoms with E-state index in [1.54, 1.807) is 23.6 Å². The van der Waals surface area contributed by atoms with Gasteiger partial charge in [-0.2, -0.15) is 0 Å². The van der Waals surface area contributed by atoms with Gasteiger partial charge in [-0.15, -0.1) is 0 Å². The van der Waals surface area contributed by atoms with E-state index < -0.39 is 0 Å². The van der Waals surface area contributed by atoms with Gasteiger partial charge in [-0.3, -0.25) is 4.57 Å². The standard InChI is InChI=1S/C15H12F2N2S/c1-8-6-14-12(7-11(8)17)18-15(20)19(14)13-4-3-10(16)5-9(13)2/h3-7H,1-2H3,(H,18,20). The topological polar surface area (TPSA) is 20.7 Å². The minimum absolute atomic E-state index is 0.281. The van der Waals surface area contributed by atoms with Crippen molar-refractivity contribution in [2.24, 2.45) is 0 Å². The smallest absolute Gasteiger partial charge is 0.182 e. The molecule has 0 saturated carbocycles. The molecule has 0 radical (unpaired) electrons. The van der Waals surface area contributed by atoms with Crippen molar-refractivity contribution in [3.8, 4) is 5.69 Å². The number of halogens is 2. The van der Waals surface area contributed by atoms with Gasteiger partial charge in [-0.25, -0.2) is 8.78 Å². The predicted octanol–water partition coefficient (Wildman–Crippen LogP) is 4.58. The number of hydrogen-bond acceptors (Lipinski definition) is 1. The fourth-order valence-corrected chi connectivity index (χ4v) is 2.65. The number of hydrogen-bond donors (Lipinski definition) is 1. The van der Waals surface area contributed by atoms with Crippen LogP contribution in [-0.4, -0.2) is 9.55 Å². The monoisotopic (exact) mass is 290 g/mol. The molecule has 0 aliphatic carbocycles. The number of aryl methyl sites for hydroxylation is 2. The van der Waals surface area contributed by atoms with E-state index in [0.29, 0.717) is 15.9 Å². The van der Waals surface area contributed by atoms with Gasteiger partial charge in [0.1, 0.15) is 11.6 Å². The van der Waals surface area contributed by atoms with Gasteiger partial charge in [0, 0.05) is 0 Å². The maximum absolute atomic E-state index is 13.6. The first kappa shape index (κ1) is 13.0. The Balaban J connectivity index is 2.39. The summed E-state index contributed by atoms with van der Waals surface area (Å²) < 4.78 is 29.1. The highest BCUT2D eigenvalue weighted by atomic mass is 32.1. The van der Waals surface area contributed by atoms with Crippen LogP contribution >= 0.6 is 12.2 Å². The molecular weight excluding hydrogens is 278 g/mol. The lowest BCUT2D eigenvalue weighted by Gasteiger charge is -2.09. The number of fused-ring (bicyclic) bond motifs is 1. The van der Waals surface area contributed by atoms with Gasteiger partial charge < -0.3 is 4.98 Å². The van der Waals surface area contributed by atoms with Gasteiger partial charge in [0.25, 0.3) is 0 Å². The van der Waals surface area contributed by atoms with E-state index in [0.717, 1.165) is 16.8 Å². The minimum Gasteiger partial charge on any atom is -0.330 e. The van der Waals surface area contributed by atoms with Crippen LogP contribution in [0.2, 0.25) is 0 Å². The fourth-order valence-electron chi connectivity index (χ4n) is 2.34. The first-order chi connectivity index (χ1) is 9.47. The lowest BCUT2D eigenvalue weighted by atomic mass is 10.1. The molecule has 1 N–H and O–H groups in total. The van der Waals surface area contributed by atoms with E-state index in [-0.39, 0.29) is 11.6 Å². The molecule has 0 aliphatic rings. The Labute approximate surface area is 119 Å². The molecule has 2 nitrogen and oxygen atoms in total. The summed E-state index contributed by atoms with van der Waals surface area (Å²) in [6.45, 7) is 3.52. The van der Waals surface area contributed by atoms with Gasteiger partial charge in [0.2, 0.25) is 0 Å². The van der Waals surface area contributed by atoms with Gasteiger partial charge in [0.05, 0.1) is 16.7 Å². The fraction of sp³-hybridized carbons (Fsp3) is 0.133. The summed E-state index contributed by atoms with van der Waals surface area (Å²) in [4.78, 5) is 2.98. The summed E-state index contributed by atoms with van der Waals surface area (Å²) in [7, 11) is 0. The Hall–Kier alpha value is -2.01. The number of H-pyrrole nitrogens is 1. The summed E-state index contributed by atoms with van der Waals surface area (Å²) in [6, 6.07) is 7.67. The zero-order valence-electron chi connectivity index (χ0n) is 11.0. The van der Waals surface area contributed by atoms with Crippen LogP contribution in [0.3, 0.4) is 0 Å². The SMILES string of the molecule is Cc1cc2c(cc1F)[nH]c(=S)n2-c1ccc(F)cc1C. The Morgan fingerprint density at radius 3 is 2.50 bits per heavy atom. The molecule has 0 aliphatic heterocycles. The maximum atomic E-state index is 13.6. The van der Waals surface area contributed by atoms with Gasteiger partial charge >= 0.3 is 0 Å². The first-order valence-electron chi connectivity index (χ1n) is 6.15. The van der Waals surface area contributed by atoms with Crippen molar-refractivity contribution in [2.75, 3.05) is 0 Å². The zero-order chi connectivity index (χ0) is 14.4. The second-order valence-electron chi connectivity index (χ2n) is 4.81. The van der Waals surface area contributed by atoms with Crippen molar-refractivity contribution in [3.63, 3.8) is 0 Å². The molecule has 3 rings (SSSR count). The van der Waals surface area contributed by atoms with E-state index in [9.17, 15) is 8.78 Å². The maximum Gasteiger partial charge on any atom is 0.182 e. The lowest BCUT2D eigenvalue weighted by molar-refractivity contribution is 0.620. The van der Waals surface area contributed by atoms with Crippen LogP contribution in [0.4, 0.5) is 8.78 Å². The predicted molar refractivity (Wildman–Crippen MR) is 77.8 cm³/mol. The number of nitrogens with zero attached hydrogens (tertiary/aromatic N) is 1. The molecule has 0 saturated heterocycles. The second-order valence-corrected chi connectivity index (χ2v) is 5.20. The summed E-state index contributed by atoms with van der Waals surface area (Å²) in [6.07, 6.45) is 0. The highest BCUT2D eigenvalue weighted by Gasteiger charge is 2.11. The van der Waals surface area contributed by atoms with Gasteiger partial charge in [-0.05, 0) is 67.5 Å². The van der Waals surface area contributed by atoms with Crippen LogP contribution in [0.1, 0.15) is 11.1 Å². The van der Waals surface area contributed by atoms with Gasteiger partial charge in [-0.1, -0.05) is 0 Å². The highest BCUT2D eigenvalue weighted by Crippen LogP contribution is 2.24. The Bertz CT molecular complexity index is 877. The number of nitrogens with one attached hydrogen (secondary N) is 1. The summed E-state index contributed by atoms with van der Waals surface area (Å²) in [5.41, 5.74) is 3.50. The molecular formula is C15H12F2N2S. The molecule has 5 heteroatoms. The molecule has 0 bridgehead atoms. The minimum atomic E-state index is -0.292. The summed E-state index contributed by atoms with van der Waals surface area (Å²) in [5.74, 6) is -0.573. The third-order valence-electron chi connectivity index (χ3n) is 3.36. The van der Waals surface area contributed by atoms with Crippen LogP contribution in [0, 0.1) is 30.3 Å². The number of benzene rings is 2. The Morgan fingerprint density at radius 1 is 1.05 bits per heavy atom. The average molecular weight is 290 g/mol. The van der Waals surface area contributed by atoms with Crippen molar-refractivity contribution < 1.29 is 8.78 Å². The summed E-state index contributed by atoms with van der Waals surface area (Å²) >= 11 is 5.31. The molecule has 0 spiro atoms. The largest absolute Gasteiger partial charge is 0.330 e. The number of aromatic amines is 1. The van der Waals surface area contributed by atoms with Crippen molar-refractivity contribution >= 4 is 23.3 Å². The molecule has 1 heterocycles. The average Bonchev–Trinajstić information content (AvgIpc) is 2.66. The normalized spacial score (nSPS) is 11.2. The molecule has 0 atom stereocenters. The molecule has 3 aromatic rings. The van der Waals surface area contributed by atoms with Gasteiger partial charge in [0.15, 0.2) is 4.77 Å². The van der Waals surface area contributed by atoms with Crippen molar-refractivity contribution in [1.82, 2.24) is 9.55 Å². The van der Waals surface area contributed by atoms with Crippen LogP contribution in [0.5, 0.6) is 0 Å². The molecule has 20 heavy (non-hydrogen) atoms. The molecule has 0 amide bonds. The molecule has 1 aromatic heterocycles. The first-order valence-corrected chi connectivity index (χ1v) is 6.55. The molecule has 0 unspecified atom stereocenters. The van der Waals surface area contributed by atoms with E-state index in [1.807, 2.05) is 6.92 Å². The van der Waals surface area contributed by atoms with E-state index in [2.05, 4.69) is 4.98 Å². The van der Waals surface area contributed by atoms with Crippen molar-refractivity contribution in [1.29, 1.82) is 0 Å². The number of imidazole rings is 1. The van der Waals surface area contributed by atoms with E-state index in [4.69, 9.17) is 12.2 Å². The Morgan fingerprint density at radius 2 is 1.80 bits per heavy atom. The second kappa shape index (κ2) is 4.52.